The van der Waals surface area contributed by atoms with Gasteiger partial charge in [-0.25, -0.2) is 4.98 Å². The van der Waals surface area contributed by atoms with E-state index in [0.717, 1.165) is 4.47 Å². The van der Waals surface area contributed by atoms with Crippen LogP contribution in [0.15, 0.2) is 16.7 Å². The van der Waals surface area contributed by atoms with Gasteiger partial charge in [-0.3, -0.25) is 4.79 Å². The molecule has 1 heterocycles. The number of halogens is 2. The third kappa shape index (κ3) is 2.42. The third-order valence-electron chi connectivity index (χ3n) is 1.47. The molecule has 0 aliphatic rings. The molecule has 0 unspecified atom stereocenters. The lowest BCUT2D eigenvalue weighted by molar-refractivity contribution is 0.108. The minimum atomic E-state index is -0.502. The molecule has 5 heteroatoms. The van der Waals surface area contributed by atoms with Gasteiger partial charge in [-0.2, -0.15) is 0 Å². The van der Waals surface area contributed by atoms with Gasteiger partial charge < -0.3 is 4.90 Å². The maximum absolute atomic E-state index is 11.0. The summed E-state index contributed by atoms with van der Waals surface area (Å²) in [5.41, 5.74) is 0.404. The van der Waals surface area contributed by atoms with Gasteiger partial charge in [0.1, 0.15) is 5.82 Å². The van der Waals surface area contributed by atoms with Crippen LogP contribution in [0.4, 0.5) is 5.82 Å². The Labute approximate surface area is 89.8 Å². The minimum absolute atomic E-state index is 0.404. The summed E-state index contributed by atoms with van der Waals surface area (Å²) in [4.78, 5) is 16.8. The molecule has 0 aliphatic heterocycles. The van der Waals surface area contributed by atoms with Crippen LogP contribution in [-0.2, 0) is 0 Å². The van der Waals surface area contributed by atoms with Crippen LogP contribution in [0.2, 0.25) is 0 Å². The fourth-order valence-electron chi connectivity index (χ4n) is 0.933. The molecule has 0 saturated carbocycles. The van der Waals surface area contributed by atoms with Crippen LogP contribution in [0, 0.1) is 0 Å². The van der Waals surface area contributed by atoms with Crippen LogP contribution in [0.1, 0.15) is 10.4 Å². The Kier molecular flexibility index (Phi) is 3.27. The van der Waals surface area contributed by atoms with Gasteiger partial charge in [0.15, 0.2) is 0 Å². The average molecular weight is 264 g/mol. The van der Waals surface area contributed by atoms with Crippen LogP contribution in [0.25, 0.3) is 0 Å². The number of pyridine rings is 1. The molecule has 0 amide bonds. The van der Waals surface area contributed by atoms with Crippen molar-refractivity contribution in [3.05, 3.63) is 22.3 Å². The molecule has 1 aromatic heterocycles. The first-order valence-electron chi connectivity index (χ1n) is 3.55. The minimum Gasteiger partial charge on any atom is -0.362 e. The van der Waals surface area contributed by atoms with Crippen LogP contribution >= 0.6 is 27.5 Å². The smallest absolute Gasteiger partial charge is 0.256 e. The molecule has 13 heavy (non-hydrogen) atoms. The Balaban J connectivity index is 3.27. The van der Waals surface area contributed by atoms with Gasteiger partial charge in [-0.15, -0.1) is 0 Å². The van der Waals surface area contributed by atoms with E-state index in [1.807, 2.05) is 0 Å². The van der Waals surface area contributed by atoms with Gasteiger partial charge in [-0.1, -0.05) is 0 Å². The first kappa shape index (κ1) is 10.5. The topological polar surface area (TPSA) is 33.2 Å². The van der Waals surface area contributed by atoms with E-state index in [9.17, 15) is 4.79 Å². The van der Waals surface area contributed by atoms with Gasteiger partial charge in [0.05, 0.1) is 5.56 Å². The first-order chi connectivity index (χ1) is 6.02. The molecule has 0 bridgehead atoms. The molecule has 0 aliphatic carbocycles. The van der Waals surface area contributed by atoms with Gasteiger partial charge in [0, 0.05) is 24.8 Å². The normalized spacial score (nSPS) is 9.85. The number of carbonyl (C=O) groups is 1. The highest BCUT2D eigenvalue weighted by Crippen LogP contribution is 2.21. The van der Waals surface area contributed by atoms with Crippen molar-refractivity contribution in [1.29, 1.82) is 0 Å². The van der Waals surface area contributed by atoms with Crippen LogP contribution in [0.3, 0.4) is 0 Å². The predicted octanol–water partition coefficient (Wildman–Crippen LogP) is 2.29. The summed E-state index contributed by atoms with van der Waals surface area (Å²) in [7, 11) is 3.61. The molecule has 0 spiro atoms. The Morgan fingerprint density at radius 1 is 1.62 bits per heavy atom. The van der Waals surface area contributed by atoms with E-state index in [2.05, 4.69) is 20.9 Å². The highest BCUT2D eigenvalue weighted by Gasteiger charge is 2.12. The second-order valence-electron chi connectivity index (χ2n) is 2.69. The molecular weight excluding hydrogens is 255 g/mol. The summed E-state index contributed by atoms with van der Waals surface area (Å²) in [5, 5.41) is -0.502. The summed E-state index contributed by atoms with van der Waals surface area (Å²) in [6.45, 7) is 0. The Morgan fingerprint density at radius 2 is 2.23 bits per heavy atom. The lowest BCUT2D eigenvalue weighted by atomic mass is 10.3. The van der Waals surface area contributed by atoms with E-state index in [0.29, 0.717) is 11.4 Å². The highest BCUT2D eigenvalue weighted by atomic mass is 79.9. The molecule has 0 radical (unpaired) electrons. The molecule has 0 atom stereocenters. The summed E-state index contributed by atoms with van der Waals surface area (Å²) in [6.07, 6.45) is 1.62. The van der Waals surface area contributed by atoms with Crippen molar-refractivity contribution in [2.24, 2.45) is 0 Å². The van der Waals surface area contributed by atoms with Crippen molar-refractivity contribution >= 4 is 38.6 Å². The average Bonchev–Trinajstić information content (AvgIpc) is 2.03. The Bertz CT molecular complexity index is 341. The number of rotatable bonds is 2. The van der Waals surface area contributed by atoms with Gasteiger partial charge in [0.2, 0.25) is 0 Å². The zero-order chi connectivity index (χ0) is 10.0. The molecule has 0 fully saturated rings. The van der Waals surface area contributed by atoms with Crippen LogP contribution in [-0.4, -0.2) is 24.3 Å². The van der Waals surface area contributed by atoms with Gasteiger partial charge >= 0.3 is 0 Å². The van der Waals surface area contributed by atoms with Crippen LogP contribution < -0.4 is 4.90 Å². The SMILES string of the molecule is CN(C)c1ncc(Br)cc1C(=O)Cl. The van der Waals surface area contributed by atoms with Crippen molar-refractivity contribution in [2.75, 3.05) is 19.0 Å². The van der Waals surface area contributed by atoms with Crippen molar-refractivity contribution in [3.8, 4) is 0 Å². The van der Waals surface area contributed by atoms with E-state index in [-0.39, 0.29) is 0 Å². The Hall–Kier alpha value is -0.610. The maximum atomic E-state index is 11.0. The number of hydrogen-bond donors (Lipinski definition) is 0. The predicted molar refractivity (Wildman–Crippen MR) is 56.4 cm³/mol. The number of carbonyl (C=O) groups excluding carboxylic acids is 1. The highest BCUT2D eigenvalue weighted by molar-refractivity contribution is 9.10. The fraction of sp³-hybridized carbons (Fsp3) is 0.250. The number of anilines is 1. The number of aromatic nitrogens is 1. The number of hydrogen-bond acceptors (Lipinski definition) is 3. The van der Waals surface area contributed by atoms with E-state index in [1.165, 1.54) is 0 Å². The molecular formula is C8H8BrClN2O. The summed E-state index contributed by atoms with van der Waals surface area (Å²) < 4.78 is 0.738. The monoisotopic (exact) mass is 262 g/mol. The number of nitrogens with zero attached hydrogens (tertiary/aromatic N) is 2. The van der Waals surface area contributed by atoms with Crippen molar-refractivity contribution in [1.82, 2.24) is 4.98 Å². The van der Waals surface area contributed by atoms with E-state index >= 15 is 0 Å². The van der Waals surface area contributed by atoms with Gasteiger partial charge in [0.25, 0.3) is 5.24 Å². The summed E-state index contributed by atoms with van der Waals surface area (Å²) in [5.74, 6) is 0.572. The maximum Gasteiger partial charge on any atom is 0.256 e. The zero-order valence-corrected chi connectivity index (χ0v) is 9.56. The van der Waals surface area contributed by atoms with Gasteiger partial charge in [-0.05, 0) is 33.6 Å². The zero-order valence-electron chi connectivity index (χ0n) is 7.21. The van der Waals surface area contributed by atoms with Crippen molar-refractivity contribution < 1.29 is 4.79 Å². The van der Waals surface area contributed by atoms with E-state index < -0.39 is 5.24 Å². The largest absolute Gasteiger partial charge is 0.362 e. The molecule has 3 nitrogen and oxygen atoms in total. The third-order valence-corrected chi connectivity index (χ3v) is 2.11. The summed E-state index contributed by atoms with van der Waals surface area (Å²) in [6, 6.07) is 1.65. The lowest BCUT2D eigenvalue weighted by Gasteiger charge is -2.13. The second-order valence-corrected chi connectivity index (χ2v) is 3.95. The molecule has 0 N–H and O–H groups in total. The van der Waals surface area contributed by atoms with Crippen molar-refractivity contribution in [2.45, 2.75) is 0 Å². The molecule has 70 valence electrons. The van der Waals surface area contributed by atoms with E-state index in [4.69, 9.17) is 11.6 Å². The molecule has 0 saturated heterocycles. The standard InChI is InChI=1S/C8H8BrClN2O/c1-12(2)8-6(7(10)13)3-5(9)4-11-8/h3-4H,1-2H3. The quantitative estimate of drug-likeness (QED) is 0.768. The van der Waals surface area contributed by atoms with Crippen molar-refractivity contribution in [3.63, 3.8) is 0 Å². The summed E-state index contributed by atoms with van der Waals surface area (Å²) >= 11 is 8.62. The molecule has 1 aromatic rings. The molecule has 1 rings (SSSR count). The first-order valence-corrected chi connectivity index (χ1v) is 4.72. The fourth-order valence-corrected chi connectivity index (χ4v) is 1.40. The van der Waals surface area contributed by atoms with Crippen LogP contribution in [0.5, 0.6) is 0 Å². The Morgan fingerprint density at radius 3 is 2.69 bits per heavy atom. The second kappa shape index (κ2) is 4.07. The molecule has 0 aromatic carbocycles. The lowest BCUT2D eigenvalue weighted by Crippen LogP contribution is -2.14. The van der Waals surface area contributed by atoms with E-state index in [1.54, 1.807) is 31.3 Å².